The minimum absolute atomic E-state index is 0.0642. The predicted molar refractivity (Wildman–Crippen MR) is 155 cm³/mol. The minimum Gasteiger partial charge on any atom is -0.350 e. The molecular formula is C30H18F4N4O4S2. The maximum Gasteiger partial charge on any atom is 0.416 e. The molecule has 0 saturated heterocycles. The number of alkyl halides is 3. The Morgan fingerprint density at radius 3 is 2.16 bits per heavy atom. The molecule has 14 heteroatoms. The lowest BCUT2D eigenvalue weighted by molar-refractivity contribution is -0.137. The van der Waals surface area contributed by atoms with E-state index in [0.29, 0.717) is 9.80 Å². The maximum atomic E-state index is 13.6. The lowest BCUT2D eigenvalue weighted by Gasteiger charge is -2.16. The molecule has 4 aromatic carbocycles. The van der Waals surface area contributed by atoms with E-state index in [0.717, 1.165) is 48.2 Å². The van der Waals surface area contributed by atoms with Gasteiger partial charge in [0.1, 0.15) is 27.4 Å². The number of nitriles is 1. The summed E-state index contributed by atoms with van der Waals surface area (Å²) in [6.45, 7) is 0. The number of imide groups is 1. The van der Waals surface area contributed by atoms with Gasteiger partial charge in [0.25, 0.3) is 21.8 Å². The van der Waals surface area contributed by atoms with Crippen LogP contribution in [0.25, 0.3) is 0 Å². The number of benzene rings is 4. The Hall–Kier alpha value is -5.13. The molecule has 1 aliphatic rings. The van der Waals surface area contributed by atoms with Crippen molar-refractivity contribution >= 4 is 50.7 Å². The maximum absolute atomic E-state index is 13.6. The highest BCUT2D eigenvalue weighted by molar-refractivity contribution is 8.04. The third-order valence-electron chi connectivity index (χ3n) is 6.21. The Morgan fingerprint density at radius 2 is 1.50 bits per heavy atom. The van der Waals surface area contributed by atoms with Crippen LogP contribution in [-0.4, -0.2) is 20.2 Å². The van der Waals surface area contributed by atoms with E-state index >= 15 is 0 Å². The topological polar surface area (TPSA) is 119 Å². The molecule has 1 aliphatic heterocycles. The molecule has 0 unspecified atom stereocenters. The number of sulfonamides is 1. The second-order valence-corrected chi connectivity index (χ2v) is 11.9. The van der Waals surface area contributed by atoms with Gasteiger partial charge in [-0.3, -0.25) is 14.3 Å². The van der Waals surface area contributed by atoms with E-state index in [4.69, 9.17) is 0 Å². The van der Waals surface area contributed by atoms with Gasteiger partial charge in [-0.1, -0.05) is 30.0 Å². The molecule has 1 heterocycles. The Morgan fingerprint density at radius 1 is 0.818 bits per heavy atom. The zero-order chi connectivity index (χ0) is 31.6. The Labute approximate surface area is 252 Å². The molecule has 0 atom stereocenters. The highest BCUT2D eigenvalue weighted by Gasteiger charge is 2.41. The summed E-state index contributed by atoms with van der Waals surface area (Å²) in [5, 5.41) is 12.1. The van der Waals surface area contributed by atoms with E-state index in [-0.39, 0.29) is 38.1 Å². The second-order valence-electron chi connectivity index (χ2n) is 9.17. The van der Waals surface area contributed by atoms with Crippen molar-refractivity contribution in [3.63, 3.8) is 0 Å². The van der Waals surface area contributed by atoms with E-state index in [1.807, 2.05) is 6.07 Å². The number of amides is 2. The van der Waals surface area contributed by atoms with Gasteiger partial charge in [-0.25, -0.2) is 17.7 Å². The molecule has 44 heavy (non-hydrogen) atoms. The molecule has 5 rings (SSSR count). The molecule has 222 valence electrons. The average Bonchev–Trinajstić information content (AvgIpc) is 3.21. The van der Waals surface area contributed by atoms with Crippen molar-refractivity contribution in [2.45, 2.75) is 16.0 Å². The van der Waals surface area contributed by atoms with Crippen molar-refractivity contribution in [3.8, 4) is 6.07 Å². The summed E-state index contributed by atoms with van der Waals surface area (Å²) in [6.07, 6.45) is -4.63. The van der Waals surface area contributed by atoms with Crippen LogP contribution in [-0.2, 0) is 25.8 Å². The van der Waals surface area contributed by atoms with Crippen molar-refractivity contribution < 1.29 is 35.6 Å². The first-order valence-corrected chi connectivity index (χ1v) is 14.8. The van der Waals surface area contributed by atoms with Crippen molar-refractivity contribution in [2.24, 2.45) is 0 Å². The molecular weight excluding hydrogens is 620 g/mol. The second kappa shape index (κ2) is 11.9. The standard InChI is InChI=1S/C30H18F4N4O4S2/c31-20-10-12-21(13-11-20)36-26-27(29(40)38(28(26)39)23-14-8-19(9-15-23)30(32,33)34)43-24-6-3-5-22(16-24)37-44(41,42)25-7-2-1-4-18(25)17-35/h1-16,36-37H. The van der Waals surface area contributed by atoms with Gasteiger partial charge in [-0.05, 0) is 78.9 Å². The molecule has 4 aromatic rings. The van der Waals surface area contributed by atoms with Crippen LogP contribution in [0, 0.1) is 17.1 Å². The number of anilines is 3. The van der Waals surface area contributed by atoms with Crippen LogP contribution in [0.4, 0.5) is 34.6 Å². The van der Waals surface area contributed by atoms with Gasteiger partial charge in [0.05, 0.1) is 16.8 Å². The molecule has 2 amide bonds. The van der Waals surface area contributed by atoms with Gasteiger partial charge in [0.15, 0.2) is 0 Å². The van der Waals surface area contributed by atoms with Gasteiger partial charge < -0.3 is 5.32 Å². The number of nitrogens with zero attached hydrogens (tertiary/aromatic N) is 2. The summed E-state index contributed by atoms with van der Waals surface area (Å²) >= 11 is 0.807. The summed E-state index contributed by atoms with van der Waals surface area (Å²) in [4.78, 5) is 27.7. The van der Waals surface area contributed by atoms with E-state index < -0.39 is 39.4 Å². The van der Waals surface area contributed by atoms with Gasteiger partial charge in [-0.15, -0.1) is 0 Å². The van der Waals surface area contributed by atoms with Crippen molar-refractivity contribution in [1.29, 1.82) is 5.26 Å². The van der Waals surface area contributed by atoms with Crippen LogP contribution in [0.3, 0.4) is 0 Å². The first kappa shape index (κ1) is 30.3. The van der Waals surface area contributed by atoms with E-state index in [9.17, 15) is 40.8 Å². The summed E-state index contributed by atoms with van der Waals surface area (Å²) < 4.78 is 81.2. The van der Waals surface area contributed by atoms with Crippen LogP contribution in [0.1, 0.15) is 11.1 Å². The summed E-state index contributed by atoms with van der Waals surface area (Å²) in [7, 11) is -4.18. The molecule has 0 spiro atoms. The number of halogens is 4. The molecule has 0 aromatic heterocycles. The van der Waals surface area contributed by atoms with Crippen LogP contribution >= 0.6 is 11.8 Å². The third-order valence-corrected chi connectivity index (χ3v) is 8.72. The molecule has 0 saturated carbocycles. The molecule has 8 nitrogen and oxygen atoms in total. The number of rotatable bonds is 8. The van der Waals surface area contributed by atoms with Crippen molar-refractivity contribution in [2.75, 3.05) is 14.9 Å². The lowest BCUT2D eigenvalue weighted by atomic mass is 10.2. The molecule has 0 fully saturated rings. The quantitative estimate of drug-likeness (QED) is 0.167. The molecule has 0 radical (unpaired) electrons. The molecule has 0 bridgehead atoms. The summed E-state index contributed by atoms with van der Waals surface area (Å²) in [5.74, 6) is -2.26. The Kier molecular flexibility index (Phi) is 8.18. The molecule has 0 aliphatic carbocycles. The van der Waals surface area contributed by atoms with Gasteiger partial charge >= 0.3 is 6.18 Å². The highest BCUT2D eigenvalue weighted by Crippen LogP contribution is 2.39. The van der Waals surface area contributed by atoms with Gasteiger partial charge in [0, 0.05) is 16.3 Å². The largest absolute Gasteiger partial charge is 0.416 e. The smallest absolute Gasteiger partial charge is 0.350 e. The highest BCUT2D eigenvalue weighted by atomic mass is 32.2. The van der Waals surface area contributed by atoms with Crippen LogP contribution < -0.4 is 14.9 Å². The predicted octanol–water partition coefficient (Wildman–Crippen LogP) is 6.51. The first-order chi connectivity index (χ1) is 20.9. The van der Waals surface area contributed by atoms with E-state index in [1.54, 1.807) is 6.07 Å². The SMILES string of the molecule is N#Cc1ccccc1S(=O)(=O)Nc1cccc(SC2=C(Nc3ccc(F)cc3)C(=O)N(c3ccc(C(F)(F)F)cc3)C2=O)c1. The van der Waals surface area contributed by atoms with Crippen molar-refractivity contribution in [1.82, 2.24) is 0 Å². The van der Waals surface area contributed by atoms with Crippen molar-refractivity contribution in [3.05, 3.63) is 125 Å². The number of hydrogen-bond donors (Lipinski definition) is 2. The van der Waals surface area contributed by atoms with Crippen LogP contribution in [0.15, 0.2) is 117 Å². The monoisotopic (exact) mass is 638 g/mol. The fourth-order valence-electron chi connectivity index (χ4n) is 4.17. The number of carbonyl (C=O) groups excluding carboxylic acids is 2. The average molecular weight is 639 g/mol. The minimum atomic E-state index is -4.63. The summed E-state index contributed by atoms with van der Waals surface area (Å²) in [6, 6.07) is 21.7. The number of carbonyl (C=O) groups is 2. The van der Waals surface area contributed by atoms with E-state index in [2.05, 4.69) is 10.0 Å². The first-order valence-electron chi connectivity index (χ1n) is 12.5. The number of nitrogens with one attached hydrogen (secondary N) is 2. The molecule has 2 N–H and O–H groups in total. The lowest BCUT2D eigenvalue weighted by Crippen LogP contribution is -2.32. The Bertz CT molecular complexity index is 1950. The number of thioether (sulfide) groups is 1. The Balaban J connectivity index is 1.48. The van der Waals surface area contributed by atoms with E-state index in [1.165, 1.54) is 54.6 Å². The normalized spacial score (nSPS) is 13.7. The van der Waals surface area contributed by atoms with Gasteiger partial charge in [-0.2, -0.15) is 18.4 Å². The third kappa shape index (κ3) is 6.29. The fourth-order valence-corrected chi connectivity index (χ4v) is 6.37. The zero-order valence-corrected chi connectivity index (χ0v) is 23.7. The van der Waals surface area contributed by atoms with Crippen LogP contribution in [0.5, 0.6) is 0 Å². The van der Waals surface area contributed by atoms with Crippen LogP contribution in [0.2, 0.25) is 0 Å². The number of hydrogen-bond acceptors (Lipinski definition) is 7. The fraction of sp³-hybridized carbons (Fsp3) is 0.0333. The summed E-state index contributed by atoms with van der Waals surface area (Å²) in [5.41, 5.74) is -1.02. The van der Waals surface area contributed by atoms with Gasteiger partial charge in [0.2, 0.25) is 0 Å². The zero-order valence-electron chi connectivity index (χ0n) is 22.1.